The average Bonchev–Trinajstić information content (AvgIpc) is 3.84. The molecular weight excluding hydrogens is 695 g/mol. The summed E-state index contributed by atoms with van der Waals surface area (Å²) in [5.41, 5.74) is 15.9. The molecule has 3 aromatic heterocycles. The van der Waals surface area contributed by atoms with Crippen LogP contribution in [0.3, 0.4) is 0 Å². The maximum absolute atomic E-state index is 6.38. The van der Waals surface area contributed by atoms with Crippen molar-refractivity contribution in [2.75, 3.05) is 4.90 Å². The first-order valence-electron chi connectivity index (χ1n) is 19.3. The average molecular weight is 730 g/mol. The highest BCUT2D eigenvalue weighted by atomic mass is 16.3. The Kier molecular flexibility index (Phi) is 7.78. The zero-order valence-corrected chi connectivity index (χ0v) is 31.0. The number of benzene rings is 8. The maximum atomic E-state index is 6.38. The van der Waals surface area contributed by atoms with Crippen molar-refractivity contribution < 1.29 is 4.42 Å². The second-order valence-corrected chi connectivity index (χ2v) is 14.3. The van der Waals surface area contributed by atoms with E-state index in [2.05, 4.69) is 191 Å². The summed E-state index contributed by atoms with van der Waals surface area (Å²) in [4.78, 5) is 7.10. The molecule has 3 heterocycles. The molecule has 57 heavy (non-hydrogen) atoms. The topological polar surface area (TPSA) is 34.2 Å². The van der Waals surface area contributed by atoms with Crippen molar-refractivity contribution in [1.82, 2.24) is 9.55 Å². The van der Waals surface area contributed by atoms with Crippen LogP contribution in [0, 0.1) is 0 Å². The van der Waals surface area contributed by atoms with Gasteiger partial charge in [-0.3, -0.25) is 4.98 Å². The Labute approximate surface area is 330 Å². The van der Waals surface area contributed by atoms with E-state index in [9.17, 15) is 0 Å². The van der Waals surface area contributed by atoms with Crippen LogP contribution in [-0.2, 0) is 0 Å². The summed E-state index contributed by atoms with van der Waals surface area (Å²) in [5, 5.41) is 3.54. The maximum Gasteiger partial charge on any atom is 0.161 e. The number of fused-ring (bicyclic) bond motifs is 6. The van der Waals surface area contributed by atoms with Crippen LogP contribution in [0.4, 0.5) is 17.1 Å². The highest BCUT2D eigenvalue weighted by Crippen LogP contribution is 2.45. The number of aromatic nitrogens is 2. The second kappa shape index (κ2) is 13.6. The summed E-state index contributed by atoms with van der Waals surface area (Å²) in [6, 6.07) is 73.3. The Morgan fingerprint density at radius 3 is 1.58 bits per heavy atom. The molecule has 0 N–H and O–H groups in total. The molecule has 0 radical (unpaired) electrons. The zero-order chi connectivity index (χ0) is 37.7. The quantitative estimate of drug-likeness (QED) is 0.164. The highest BCUT2D eigenvalue weighted by molar-refractivity contribution is 6.09. The Hall–Kier alpha value is -7.69. The van der Waals surface area contributed by atoms with Gasteiger partial charge in [0.25, 0.3) is 0 Å². The van der Waals surface area contributed by atoms with E-state index in [1.807, 2.05) is 30.5 Å². The number of rotatable bonds is 7. The van der Waals surface area contributed by atoms with Gasteiger partial charge in [-0.15, -0.1) is 0 Å². The molecule has 0 bridgehead atoms. The van der Waals surface area contributed by atoms with E-state index in [4.69, 9.17) is 9.40 Å². The summed E-state index contributed by atoms with van der Waals surface area (Å²) in [6.07, 6.45) is 1.87. The van der Waals surface area contributed by atoms with Crippen LogP contribution in [0.2, 0.25) is 0 Å². The van der Waals surface area contributed by atoms with E-state index in [1.165, 1.54) is 21.8 Å². The molecule has 11 rings (SSSR count). The summed E-state index contributed by atoms with van der Waals surface area (Å²) in [7, 11) is 0. The van der Waals surface area contributed by atoms with Crippen molar-refractivity contribution in [3.8, 4) is 39.1 Å². The van der Waals surface area contributed by atoms with E-state index in [1.54, 1.807) is 0 Å². The number of hydrogen-bond acceptors (Lipinski definition) is 3. The van der Waals surface area contributed by atoms with Gasteiger partial charge in [0.15, 0.2) is 5.58 Å². The molecule has 0 amide bonds. The van der Waals surface area contributed by atoms with Gasteiger partial charge in [0, 0.05) is 50.4 Å². The van der Waals surface area contributed by atoms with Gasteiger partial charge in [-0.1, -0.05) is 140 Å². The minimum Gasteiger partial charge on any atom is -0.454 e. The van der Waals surface area contributed by atoms with Gasteiger partial charge >= 0.3 is 0 Å². The van der Waals surface area contributed by atoms with Crippen LogP contribution in [0.1, 0.15) is 0 Å². The van der Waals surface area contributed by atoms with E-state index in [-0.39, 0.29) is 0 Å². The van der Waals surface area contributed by atoms with Crippen LogP contribution in [0.25, 0.3) is 82.9 Å². The number of para-hydroxylation sites is 5. The SMILES string of the molecule is c1ccc(-c2ccccc2N(c2ccc(-c3ccnc4c3oc3ccccc34)cc2)c2ccccc2-c2ccc(-n3c4ccccc4c4ccccc43)cc2)cc1. The summed E-state index contributed by atoms with van der Waals surface area (Å²) in [6.45, 7) is 0. The molecule has 0 fully saturated rings. The molecule has 4 heteroatoms. The molecule has 8 aromatic carbocycles. The van der Waals surface area contributed by atoms with Gasteiger partial charge in [-0.05, 0) is 83.4 Å². The lowest BCUT2D eigenvalue weighted by molar-refractivity contribution is 0.669. The number of pyridine rings is 1. The number of furan rings is 1. The van der Waals surface area contributed by atoms with E-state index < -0.39 is 0 Å². The Morgan fingerprint density at radius 2 is 0.912 bits per heavy atom. The first kappa shape index (κ1) is 32.7. The summed E-state index contributed by atoms with van der Waals surface area (Å²) in [5.74, 6) is 0. The first-order chi connectivity index (χ1) is 28.3. The van der Waals surface area contributed by atoms with Crippen LogP contribution in [0.15, 0.2) is 217 Å². The number of anilines is 3. The fraction of sp³-hybridized carbons (Fsp3) is 0. The summed E-state index contributed by atoms with van der Waals surface area (Å²) >= 11 is 0. The van der Waals surface area contributed by atoms with E-state index >= 15 is 0 Å². The van der Waals surface area contributed by atoms with Gasteiger partial charge in [-0.25, -0.2) is 0 Å². The van der Waals surface area contributed by atoms with Crippen LogP contribution in [0.5, 0.6) is 0 Å². The number of nitrogens with zero attached hydrogens (tertiary/aromatic N) is 3. The van der Waals surface area contributed by atoms with E-state index in [0.717, 1.165) is 78.2 Å². The minimum atomic E-state index is 0.799. The molecular formula is C53H35N3O. The summed E-state index contributed by atoms with van der Waals surface area (Å²) < 4.78 is 8.75. The van der Waals surface area contributed by atoms with Crippen molar-refractivity contribution in [3.05, 3.63) is 212 Å². The molecule has 11 aromatic rings. The monoisotopic (exact) mass is 729 g/mol. The molecule has 0 aliphatic carbocycles. The third kappa shape index (κ3) is 5.50. The van der Waals surface area contributed by atoms with Gasteiger partial charge in [0.1, 0.15) is 11.1 Å². The fourth-order valence-corrected chi connectivity index (χ4v) is 8.46. The largest absolute Gasteiger partial charge is 0.454 e. The lowest BCUT2D eigenvalue weighted by Crippen LogP contribution is -2.12. The fourth-order valence-electron chi connectivity index (χ4n) is 8.46. The number of hydrogen-bond donors (Lipinski definition) is 0. The third-order valence-electron chi connectivity index (χ3n) is 11.1. The van der Waals surface area contributed by atoms with Gasteiger partial charge in [-0.2, -0.15) is 0 Å². The Morgan fingerprint density at radius 1 is 0.404 bits per heavy atom. The van der Waals surface area contributed by atoms with Crippen LogP contribution in [-0.4, -0.2) is 9.55 Å². The van der Waals surface area contributed by atoms with E-state index in [0.29, 0.717) is 0 Å². The zero-order valence-electron chi connectivity index (χ0n) is 31.0. The molecule has 0 aliphatic rings. The molecule has 0 unspecified atom stereocenters. The normalized spacial score (nSPS) is 11.5. The van der Waals surface area contributed by atoms with Gasteiger partial charge in [0.2, 0.25) is 0 Å². The minimum absolute atomic E-state index is 0.799. The van der Waals surface area contributed by atoms with Crippen LogP contribution < -0.4 is 4.90 Å². The van der Waals surface area contributed by atoms with Crippen molar-refractivity contribution in [1.29, 1.82) is 0 Å². The predicted molar refractivity (Wildman–Crippen MR) is 237 cm³/mol. The lowest BCUT2D eigenvalue weighted by Gasteiger charge is -2.30. The third-order valence-corrected chi connectivity index (χ3v) is 11.1. The van der Waals surface area contributed by atoms with Gasteiger partial charge in [0.05, 0.1) is 22.4 Å². The highest BCUT2D eigenvalue weighted by Gasteiger charge is 2.21. The molecule has 0 saturated carbocycles. The Balaban J connectivity index is 1.05. The lowest BCUT2D eigenvalue weighted by atomic mass is 9.98. The van der Waals surface area contributed by atoms with Gasteiger partial charge < -0.3 is 13.9 Å². The molecule has 0 atom stereocenters. The predicted octanol–water partition coefficient (Wildman–Crippen LogP) is 14.5. The molecule has 268 valence electrons. The second-order valence-electron chi connectivity index (χ2n) is 14.3. The van der Waals surface area contributed by atoms with Crippen molar-refractivity contribution in [2.45, 2.75) is 0 Å². The van der Waals surface area contributed by atoms with Crippen LogP contribution >= 0.6 is 0 Å². The van der Waals surface area contributed by atoms with Crippen molar-refractivity contribution in [2.24, 2.45) is 0 Å². The van der Waals surface area contributed by atoms with Crippen molar-refractivity contribution in [3.63, 3.8) is 0 Å². The molecule has 0 aliphatic heterocycles. The standard InChI is InChI=1S/C53H35N3O/c1-2-14-36(15-3-1)41-16-4-9-21-47(41)55(39-32-28-38(29-33-39)43-34-35-54-52-46-20-8-13-25-51(46)57-53(43)52)48-22-10-5-17-42(48)37-26-30-40(31-27-37)56-49-23-11-6-18-44(49)45-19-7-12-24-50(45)56/h1-35H. The molecule has 0 saturated heterocycles. The van der Waals surface area contributed by atoms with Crippen molar-refractivity contribution >= 4 is 60.9 Å². The smallest absolute Gasteiger partial charge is 0.161 e. The molecule has 0 spiro atoms. The Bertz CT molecular complexity index is 3180. The molecule has 4 nitrogen and oxygen atoms in total. The first-order valence-corrected chi connectivity index (χ1v) is 19.3.